The van der Waals surface area contributed by atoms with Gasteiger partial charge in [0, 0.05) is 18.9 Å². The number of hydrogen-bond donors (Lipinski definition) is 2. The van der Waals surface area contributed by atoms with Crippen molar-refractivity contribution in [3.63, 3.8) is 0 Å². The highest BCUT2D eigenvalue weighted by atomic mass is 32.2. The zero-order valence-electron chi connectivity index (χ0n) is 14.6. The summed E-state index contributed by atoms with van der Waals surface area (Å²) in [5.41, 5.74) is 0.318. The van der Waals surface area contributed by atoms with Crippen LogP contribution in [0.4, 0.5) is 4.79 Å². The van der Waals surface area contributed by atoms with Gasteiger partial charge in [-0.2, -0.15) is 0 Å². The van der Waals surface area contributed by atoms with E-state index in [1.807, 2.05) is 0 Å². The Balaban J connectivity index is 2.31. The van der Waals surface area contributed by atoms with E-state index in [2.05, 4.69) is 10.6 Å². The Morgan fingerprint density at radius 1 is 1.00 bits per heavy atom. The van der Waals surface area contributed by atoms with E-state index < -0.39 is 33.8 Å². The largest absolute Gasteiger partial charge is 0.444 e. The molecule has 0 heterocycles. The maximum atomic E-state index is 12.5. The SMILES string of the molecule is CNC(=O)NC(=O)[C@H](OC(=O)c1cccc(S(C)(=O)=O)c1)c1ccccc1. The third-order valence-electron chi connectivity index (χ3n) is 3.53. The topological polar surface area (TPSA) is 119 Å². The van der Waals surface area contributed by atoms with Crippen LogP contribution >= 0.6 is 0 Å². The molecular weight excluding hydrogens is 372 g/mol. The third kappa shape index (κ3) is 5.38. The number of urea groups is 1. The molecule has 0 aromatic heterocycles. The van der Waals surface area contributed by atoms with Crippen LogP contribution in [0.1, 0.15) is 22.0 Å². The van der Waals surface area contributed by atoms with Gasteiger partial charge in [-0.15, -0.1) is 0 Å². The van der Waals surface area contributed by atoms with E-state index >= 15 is 0 Å². The summed E-state index contributed by atoms with van der Waals surface area (Å²) >= 11 is 0. The molecule has 0 radical (unpaired) electrons. The number of carbonyl (C=O) groups excluding carboxylic acids is 3. The van der Waals surface area contributed by atoms with Crippen LogP contribution in [0.3, 0.4) is 0 Å². The van der Waals surface area contributed by atoms with Gasteiger partial charge in [-0.25, -0.2) is 18.0 Å². The Bertz CT molecular complexity index is 957. The Morgan fingerprint density at radius 3 is 2.26 bits per heavy atom. The number of imide groups is 1. The van der Waals surface area contributed by atoms with Crippen molar-refractivity contribution in [2.75, 3.05) is 13.3 Å². The van der Waals surface area contributed by atoms with E-state index in [1.54, 1.807) is 30.3 Å². The maximum Gasteiger partial charge on any atom is 0.339 e. The average molecular weight is 390 g/mol. The first-order valence-electron chi connectivity index (χ1n) is 7.81. The number of ether oxygens (including phenoxy) is 1. The van der Waals surface area contributed by atoms with Crippen molar-refractivity contribution < 1.29 is 27.5 Å². The van der Waals surface area contributed by atoms with Crippen molar-refractivity contribution in [2.24, 2.45) is 0 Å². The van der Waals surface area contributed by atoms with Gasteiger partial charge in [-0.05, 0) is 18.2 Å². The second-order valence-corrected chi connectivity index (χ2v) is 7.58. The zero-order valence-corrected chi connectivity index (χ0v) is 15.4. The number of carbonyl (C=O) groups is 3. The van der Waals surface area contributed by atoms with Gasteiger partial charge < -0.3 is 10.1 Å². The molecule has 2 rings (SSSR count). The number of rotatable bonds is 5. The molecule has 0 aliphatic rings. The van der Waals surface area contributed by atoms with E-state index in [1.165, 1.54) is 25.2 Å². The Labute approximate surface area is 156 Å². The number of nitrogens with one attached hydrogen (secondary N) is 2. The summed E-state index contributed by atoms with van der Waals surface area (Å²) in [6.07, 6.45) is -0.376. The molecule has 0 aliphatic heterocycles. The lowest BCUT2D eigenvalue weighted by atomic mass is 10.1. The number of benzene rings is 2. The van der Waals surface area contributed by atoms with E-state index in [4.69, 9.17) is 4.74 Å². The van der Waals surface area contributed by atoms with E-state index in [-0.39, 0.29) is 10.5 Å². The van der Waals surface area contributed by atoms with Crippen molar-refractivity contribution in [1.29, 1.82) is 0 Å². The molecule has 2 aromatic rings. The molecule has 0 saturated carbocycles. The lowest BCUT2D eigenvalue weighted by Crippen LogP contribution is -2.41. The van der Waals surface area contributed by atoms with Crippen molar-refractivity contribution in [3.05, 3.63) is 65.7 Å². The third-order valence-corrected chi connectivity index (χ3v) is 4.64. The van der Waals surface area contributed by atoms with Crippen LogP contribution in [0.25, 0.3) is 0 Å². The van der Waals surface area contributed by atoms with Gasteiger partial charge >= 0.3 is 12.0 Å². The van der Waals surface area contributed by atoms with Crippen molar-refractivity contribution >= 4 is 27.7 Å². The Hall–Kier alpha value is -3.20. The van der Waals surface area contributed by atoms with Gasteiger partial charge in [-0.3, -0.25) is 10.1 Å². The first-order chi connectivity index (χ1) is 12.7. The molecular formula is C18H18N2O6S. The van der Waals surface area contributed by atoms with Crippen LogP contribution in [0.5, 0.6) is 0 Å². The standard InChI is InChI=1S/C18H18N2O6S/c1-19-18(23)20-16(21)15(12-7-4-3-5-8-12)26-17(22)13-9-6-10-14(11-13)27(2,24)25/h3-11,15H,1-2H3,(H2,19,20,21,23)/t15-/m1/s1. The van der Waals surface area contributed by atoms with Crippen LogP contribution in [-0.2, 0) is 19.4 Å². The molecule has 27 heavy (non-hydrogen) atoms. The smallest absolute Gasteiger partial charge is 0.339 e. The average Bonchev–Trinajstić information content (AvgIpc) is 2.65. The van der Waals surface area contributed by atoms with Crippen LogP contribution in [0.15, 0.2) is 59.5 Å². The lowest BCUT2D eigenvalue weighted by Gasteiger charge is -2.17. The fraction of sp³-hybridized carbons (Fsp3) is 0.167. The second kappa shape index (κ2) is 8.45. The normalized spacial score (nSPS) is 11.9. The number of sulfone groups is 1. The molecule has 2 aromatic carbocycles. The highest BCUT2D eigenvalue weighted by molar-refractivity contribution is 7.90. The second-order valence-electron chi connectivity index (χ2n) is 5.56. The molecule has 0 saturated heterocycles. The van der Waals surface area contributed by atoms with Gasteiger partial charge in [0.05, 0.1) is 10.5 Å². The molecule has 8 nitrogen and oxygen atoms in total. The fourth-order valence-electron chi connectivity index (χ4n) is 2.17. The van der Waals surface area contributed by atoms with Gasteiger partial charge in [0.15, 0.2) is 9.84 Å². The zero-order chi connectivity index (χ0) is 20.0. The molecule has 9 heteroatoms. The van der Waals surface area contributed by atoms with Crippen molar-refractivity contribution in [1.82, 2.24) is 10.6 Å². The van der Waals surface area contributed by atoms with Gasteiger partial charge in [-0.1, -0.05) is 36.4 Å². The summed E-state index contributed by atoms with van der Waals surface area (Å²) in [7, 11) is -2.18. The Morgan fingerprint density at radius 2 is 1.67 bits per heavy atom. The van der Waals surface area contributed by atoms with Gasteiger partial charge in [0.2, 0.25) is 6.10 Å². The highest BCUT2D eigenvalue weighted by Crippen LogP contribution is 2.21. The summed E-state index contributed by atoms with van der Waals surface area (Å²) < 4.78 is 28.6. The molecule has 142 valence electrons. The summed E-state index contributed by atoms with van der Waals surface area (Å²) in [5.74, 6) is -1.74. The van der Waals surface area contributed by atoms with Crippen molar-refractivity contribution in [3.8, 4) is 0 Å². The summed E-state index contributed by atoms with van der Waals surface area (Å²) in [6.45, 7) is 0. The molecule has 0 spiro atoms. The summed E-state index contributed by atoms with van der Waals surface area (Å²) in [5, 5.41) is 4.29. The fourth-order valence-corrected chi connectivity index (χ4v) is 2.84. The van der Waals surface area contributed by atoms with Crippen LogP contribution in [-0.4, -0.2) is 39.6 Å². The molecule has 3 amide bonds. The molecule has 2 N–H and O–H groups in total. The first kappa shape index (κ1) is 20.1. The first-order valence-corrected chi connectivity index (χ1v) is 9.70. The number of esters is 1. The molecule has 0 aliphatic carbocycles. The van der Waals surface area contributed by atoms with Crippen LogP contribution < -0.4 is 10.6 Å². The van der Waals surface area contributed by atoms with Crippen LogP contribution in [0.2, 0.25) is 0 Å². The molecule has 0 bridgehead atoms. The molecule has 0 fully saturated rings. The summed E-state index contributed by atoms with van der Waals surface area (Å²) in [4.78, 5) is 36.2. The predicted octanol–water partition coefficient (Wildman–Crippen LogP) is 1.44. The van der Waals surface area contributed by atoms with Gasteiger partial charge in [0.1, 0.15) is 0 Å². The van der Waals surface area contributed by atoms with Crippen LogP contribution in [0, 0.1) is 0 Å². The Kier molecular flexibility index (Phi) is 6.30. The van der Waals surface area contributed by atoms with Crippen molar-refractivity contribution in [2.45, 2.75) is 11.0 Å². The van der Waals surface area contributed by atoms with E-state index in [0.717, 1.165) is 12.3 Å². The quantitative estimate of drug-likeness (QED) is 0.746. The maximum absolute atomic E-state index is 12.5. The molecule has 1 atom stereocenters. The monoisotopic (exact) mass is 390 g/mol. The minimum Gasteiger partial charge on any atom is -0.444 e. The lowest BCUT2D eigenvalue weighted by molar-refractivity contribution is -0.129. The summed E-state index contributed by atoms with van der Waals surface area (Å²) in [6, 6.07) is 12.7. The van der Waals surface area contributed by atoms with E-state index in [9.17, 15) is 22.8 Å². The predicted molar refractivity (Wildman–Crippen MR) is 96.7 cm³/mol. The molecule has 0 unspecified atom stereocenters. The number of hydrogen-bond acceptors (Lipinski definition) is 6. The number of amides is 3. The van der Waals surface area contributed by atoms with E-state index in [0.29, 0.717) is 5.56 Å². The highest BCUT2D eigenvalue weighted by Gasteiger charge is 2.27. The van der Waals surface area contributed by atoms with Gasteiger partial charge in [0.25, 0.3) is 5.91 Å². The minimum atomic E-state index is -3.52. The minimum absolute atomic E-state index is 0.0356.